The first-order valence-corrected chi connectivity index (χ1v) is 7.39. The predicted molar refractivity (Wildman–Crippen MR) is 82.9 cm³/mol. The van der Waals surface area contributed by atoms with Crippen LogP contribution < -0.4 is 15.4 Å². The first-order valence-electron chi connectivity index (χ1n) is 6.64. The van der Waals surface area contributed by atoms with Crippen molar-refractivity contribution in [2.45, 2.75) is 19.8 Å². The molecular formula is C14H18Cl2N2O3. The zero-order chi connectivity index (χ0) is 15.7. The van der Waals surface area contributed by atoms with Gasteiger partial charge in [-0.1, -0.05) is 30.1 Å². The van der Waals surface area contributed by atoms with Gasteiger partial charge in [0, 0.05) is 24.5 Å². The Morgan fingerprint density at radius 1 is 1.14 bits per heavy atom. The normalized spacial score (nSPS) is 10.0. The summed E-state index contributed by atoms with van der Waals surface area (Å²) in [6.45, 7) is 2.53. The molecule has 0 aliphatic heterocycles. The van der Waals surface area contributed by atoms with Crippen LogP contribution in [0.1, 0.15) is 19.8 Å². The second-order valence-corrected chi connectivity index (χ2v) is 5.16. The van der Waals surface area contributed by atoms with Crippen molar-refractivity contribution in [3.63, 3.8) is 0 Å². The van der Waals surface area contributed by atoms with E-state index < -0.39 is 0 Å². The van der Waals surface area contributed by atoms with Crippen LogP contribution in [0.4, 0.5) is 0 Å². The van der Waals surface area contributed by atoms with Crippen molar-refractivity contribution in [2.75, 3.05) is 19.7 Å². The Balaban J connectivity index is 2.21. The number of halogens is 2. The second kappa shape index (κ2) is 9.47. The summed E-state index contributed by atoms with van der Waals surface area (Å²) in [4.78, 5) is 22.7. The fourth-order valence-corrected chi connectivity index (χ4v) is 1.97. The van der Waals surface area contributed by atoms with Crippen LogP contribution in [0.2, 0.25) is 10.0 Å². The lowest BCUT2D eigenvalue weighted by Crippen LogP contribution is -2.36. The number of carbonyl (C=O) groups is 2. The molecular weight excluding hydrogens is 315 g/mol. The molecule has 7 heteroatoms. The minimum absolute atomic E-state index is 0.0176. The molecule has 0 saturated heterocycles. The van der Waals surface area contributed by atoms with Crippen molar-refractivity contribution in [1.82, 2.24) is 10.6 Å². The number of carbonyl (C=O) groups excluding carboxylic acids is 2. The van der Waals surface area contributed by atoms with E-state index in [2.05, 4.69) is 10.6 Å². The van der Waals surface area contributed by atoms with Gasteiger partial charge in [0.25, 0.3) is 5.91 Å². The molecule has 0 aliphatic carbocycles. The van der Waals surface area contributed by atoms with Gasteiger partial charge in [-0.25, -0.2) is 0 Å². The fraction of sp³-hybridized carbons (Fsp3) is 0.429. The van der Waals surface area contributed by atoms with Gasteiger partial charge in [-0.05, 0) is 24.6 Å². The first kappa shape index (κ1) is 17.6. The largest absolute Gasteiger partial charge is 0.482 e. The molecule has 0 fully saturated rings. The molecule has 0 spiro atoms. The van der Waals surface area contributed by atoms with E-state index in [9.17, 15) is 9.59 Å². The fourth-order valence-electron chi connectivity index (χ4n) is 1.51. The monoisotopic (exact) mass is 332 g/mol. The molecule has 0 heterocycles. The van der Waals surface area contributed by atoms with Gasteiger partial charge in [0.05, 0.1) is 5.02 Å². The Morgan fingerprint density at radius 3 is 2.43 bits per heavy atom. The SMILES string of the molecule is CCCC(=O)NCCNC(=O)COc1ccc(Cl)cc1Cl. The Bertz CT molecular complexity index is 495. The number of hydrogen-bond acceptors (Lipinski definition) is 3. The number of ether oxygens (including phenoxy) is 1. The van der Waals surface area contributed by atoms with Crippen LogP contribution in [-0.2, 0) is 9.59 Å². The highest BCUT2D eigenvalue weighted by molar-refractivity contribution is 6.35. The van der Waals surface area contributed by atoms with Crippen molar-refractivity contribution in [1.29, 1.82) is 0 Å². The van der Waals surface area contributed by atoms with Gasteiger partial charge < -0.3 is 15.4 Å². The van der Waals surface area contributed by atoms with Crippen LogP contribution in [0.3, 0.4) is 0 Å². The lowest BCUT2D eigenvalue weighted by atomic mass is 10.3. The number of amides is 2. The molecule has 2 amide bonds. The standard InChI is InChI=1S/C14H18Cl2N2O3/c1-2-3-13(19)17-6-7-18-14(20)9-21-12-5-4-10(15)8-11(12)16/h4-5,8H,2-3,6-7,9H2,1H3,(H,17,19)(H,18,20). The van der Waals surface area contributed by atoms with E-state index in [0.29, 0.717) is 35.3 Å². The van der Waals surface area contributed by atoms with Crippen molar-refractivity contribution < 1.29 is 14.3 Å². The van der Waals surface area contributed by atoms with E-state index in [1.807, 2.05) is 6.92 Å². The highest BCUT2D eigenvalue weighted by atomic mass is 35.5. The van der Waals surface area contributed by atoms with Crippen molar-refractivity contribution >= 4 is 35.0 Å². The third-order valence-corrected chi connectivity index (χ3v) is 3.03. The smallest absolute Gasteiger partial charge is 0.258 e. The summed E-state index contributed by atoms with van der Waals surface area (Å²) >= 11 is 11.7. The molecule has 0 atom stereocenters. The maximum atomic E-state index is 11.5. The van der Waals surface area contributed by atoms with Crippen LogP contribution in [0.25, 0.3) is 0 Å². The number of rotatable bonds is 8. The molecule has 116 valence electrons. The number of benzene rings is 1. The Hall–Kier alpha value is -1.46. The van der Waals surface area contributed by atoms with Crippen LogP contribution in [0.5, 0.6) is 5.75 Å². The summed E-state index contributed by atoms with van der Waals surface area (Å²) in [5.41, 5.74) is 0. The van der Waals surface area contributed by atoms with Gasteiger partial charge >= 0.3 is 0 Å². The highest BCUT2D eigenvalue weighted by Gasteiger charge is 2.06. The summed E-state index contributed by atoms with van der Waals surface area (Å²) in [6.07, 6.45) is 1.29. The van der Waals surface area contributed by atoms with E-state index in [0.717, 1.165) is 6.42 Å². The molecule has 1 aromatic carbocycles. The Kier molecular flexibility index (Phi) is 7.93. The van der Waals surface area contributed by atoms with Crippen molar-refractivity contribution in [3.05, 3.63) is 28.2 Å². The Labute approximate surface area is 133 Å². The average Bonchev–Trinajstić information content (AvgIpc) is 2.43. The van der Waals surface area contributed by atoms with Crippen molar-refractivity contribution in [2.24, 2.45) is 0 Å². The van der Waals surface area contributed by atoms with Crippen LogP contribution >= 0.6 is 23.2 Å². The molecule has 0 aromatic heterocycles. The van der Waals surface area contributed by atoms with Gasteiger partial charge in [0.1, 0.15) is 5.75 Å². The first-order chi connectivity index (χ1) is 10.0. The van der Waals surface area contributed by atoms with Crippen LogP contribution in [-0.4, -0.2) is 31.5 Å². The molecule has 1 aromatic rings. The Morgan fingerprint density at radius 2 is 1.81 bits per heavy atom. The third-order valence-electron chi connectivity index (χ3n) is 2.50. The molecule has 21 heavy (non-hydrogen) atoms. The van der Waals surface area contributed by atoms with E-state index >= 15 is 0 Å². The molecule has 0 bridgehead atoms. The quantitative estimate of drug-likeness (QED) is 0.718. The van der Waals surface area contributed by atoms with Gasteiger partial charge in [-0.15, -0.1) is 0 Å². The number of nitrogens with one attached hydrogen (secondary N) is 2. The zero-order valence-corrected chi connectivity index (χ0v) is 13.3. The van der Waals surface area contributed by atoms with E-state index in [1.54, 1.807) is 18.2 Å². The average molecular weight is 333 g/mol. The van der Waals surface area contributed by atoms with E-state index in [-0.39, 0.29) is 18.4 Å². The minimum Gasteiger partial charge on any atom is -0.482 e. The van der Waals surface area contributed by atoms with Crippen LogP contribution in [0.15, 0.2) is 18.2 Å². The van der Waals surface area contributed by atoms with Gasteiger partial charge in [-0.3, -0.25) is 9.59 Å². The van der Waals surface area contributed by atoms with Gasteiger partial charge in [0.15, 0.2) is 6.61 Å². The molecule has 1 rings (SSSR count). The summed E-state index contributed by atoms with van der Waals surface area (Å²) in [5.74, 6) is 0.0918. The highest BCUT2D eigenvalue weighted by Crippen LogP contribution is 2.27. The minimum atomic E-state index is -0.286. The summed E-state index contributed by atoms with van der Waals surface area (Å²) < 4.78 is 5.28. The summed E-state index contributed by atoms with van der Waals surface area (Å²) in [7, 11) is 0. The lowest BCUT2D eigenvalue weighted by Gasteiger charge is -2.09. The molecule has 0 unspecified atom stereocenters. The van der Waals surface area contributed by atoms with Gasteiger partial charge in [-0.2, -0.15) is 0 Å². The van der Waals surface area contributed by atoms with E-state index in [4.69, 9.17) is 27.9 Å². The van der Waals surface area contributed by atoms with Crippen molar-refractivity contribution in [3.8, 4) is 5.75 Å². The zero-order valence-electron chi connectivity index (χ0n) is 11.7. The predicted octanol–water partition coefficient (Wildman–Crippen LogP) is 2.40. The number of hydrogen-bond donors (Lipinski definition) is 2. The summed E-state index contributed by atoms with van der Waals surface area (Å²) in [5, 5.41) is 6.18. The third kappa shape index (κ3) is 7.20. The van der Waals surface area contributed by atoms with E-state index in [1.165, 1.54) is 0 Å². The molecule has 0 saturated carbocycles. The summed E-state index contributed by atoms with van der Waals surface area (Å²) in [6, 6.07) is 4.77. The lowest BCUT2D eigenvalue weighted by molar-refractivity contribution is -0.124. The maximum Gasteiger partial charge on any atom is 0.258 e. The molecule has 2 N–H and O–H groups in total. The molecule has 0 aliphatic rings. The molecule has 5 nitrogen and oxygen atoms in total. The maximum absolute atomic E-state index is 11.5. The van der Waals surface area contributed by atoms with Gasteiger partial charge in [0.2, 0.25) is 5.91 Å². The second-order valence-electron chi connectivity index (χ2n) is 4.31. The van der Waals surface area contributed by atoms with Crippen LogP contribution in [0, 0.1) is 0 Å². The molecule has 0 radical (unpaired) electrons. The topological polar surface area (TPSA) is 67.4 Å².